The van der Waals surface area contributed by atoms with Gasteiger partial charge in [-0.3, -0.25) is 0 Å². The Morgan fingerprint density at radius 2 is 2.50 bits per heavy atom. The Kier molecular flexibility index (Phi) is 2.73. The zero-order valence-corrected chi connectivity index (χ0v) is 9.72. The van der Waals surface area contributed by atoms with Crippen LogP contribution in [-0.4, -0.2) is 14.7 Å². The van der Waals surface area contributed by atoms with Gasteiger partial charge >= 0.3 is 0 Å². The van der Waals surface area contributed by atoms with Crippen LogP contribution in [0, 0.1) is 22.7 Å². The van der Waals surface area contributed by atoms with E-state index in [1.807, 2.05) is 7.05 Å². The maximum Gasteiger partial charge on any atom is 0.114 e. The molecule has 0 saturated heterocycles. The Hall–Kier alpha value is -1.34. The lowest BCUT2D eigenvalue weighted by molar-refractivity contribution is 0.0585. The predicted molar refractivity (Wildman–Crippen MR) is 59.2 cm³/mol. The van der Waals surface area contributed by atoms with Gasteiger partial charge in [0.25, 0.3) is 0 Å². The van der Waals surface area contributed by atoms with Gasteiger partial charge in [-0.25, -0.2) is 4.98 Å². The second-order valence-corrected chi connectivity index (χ2v) is 4.95. The van der Waals surface area contributed by atoms with Gasteiger partial charge in [0.05, 0.1) is 29.7 Å². The number of aryl methyl sites for hydroxylation is 1. The molecule has 0 aliphatic heterocycles. The summed E-state index contributed by atoms with van der Waals surface area (Å²) in [6, 6.07) is 2.33. The average Bonchev–Trinajstić information content (AvgIpc) is 2.84. The first-order valence-electron chi connectivity index (χ1n) is 5.64. The Labute approximate surface area is 95.5 Å². The molecule has 1 aromatic heterocycles. The minimum absolute atomic E-state index is 0.516. The van der Waals surface area contributed by atoms with E-state index < -0.39 is 11.5 Å². The molecule has 2 rings (SSSR count). The summed E-state index contributed by atoms with van der Waals surface area (Å²) in [7, 11) is 1.84. The van der Waals surface area contributed by atoms with Crippen LogP contribution >= 0.6 is 0 Å². The zero-order valence-electron chi connectivity index (χ0n) is 9.72. The zero-order chi connectivity index (χ0) is 11.8. The van der Waals surface area contributed by atoms with Crippen LogP contribution in [0.15, 0.2) is 12.5 Å². The lowest BCUT2D eigenvalue weighted by atomic mass is 9.80. The molecule has 0 bridgehead atoms. The van der Waals surface area contributed by atoms with Crippen LogP contribution < -0.4 is 0 Å². The lowest BCUT2D eigenvalue weighted by Gasteiger charge is -2.27. The molecule has 86 valence electrons. The summed E-state index contributed by atoms with van der Waals surface area (Å²) in [6.45, 7) is 2.13. The highest BCUT2D eigenvalue weighted by Gasteiger charge is 2.45. The quantitative estimate of drug-likeness (QED) is 0.824. The molecule has 1 fully saturated rings. The third kappa shape index (κ3) is 1.61. The highest BCUT2D eigenvalue weighted by atomic mass is 16.3. The molecule has 4 nitrogen and oxygen atoms in total. The van der Waals surface area contributed by atoms with E-state index in [4.69, 9.17) is 0 Å². The average molecular weight is 219 g/mol. The number of rotatable bonds is 2. The van der Waals surface area contributed by atoms with Crippen molar-refractivity contribution in [2.75, 3.05) is 0 Å². The van der Waals surface area contributed by atoms with E-state index in [2.05, 4.69) is 18.0 Å². The van der Waals surface area contributed by atoms with Crippen molar-refractivity contribution in [2.45, 2.75) is 32.3 Å². The van der Waals surface area contributed by atoms with Crippen LogP contribution in [-0.2, 0) is 7.05 Å². The second-order valence-electron chi connectivity index (χ2n) is 4.95. The topological polar surface area (TPSA) is 61.8 Å². The summed E-state index contributed by atoms with van der Waals surface area (Å²) in [6.07, 6.45) is 5.14. The fourth-order valence-corrected chi connectivity index (χ4v) is 2.65. The van der Waals surface area contributed by atoms with Crippen molar-refractivity contribution >= 4 is 0 Å². The SMILES string of the molecule is CC1CCC(C#N)(C(O)c2cncn2C)C1. The Bertz CT molecular complexity index is 420. The van der Waals surface area contributed by atoms with Gasteiger partial charge in [-0.1, -0.05) is 6.92 Å². The fraction of sp³-hybridized carbons (Fsp3) is 0.667. The van der Waals surface area contributed by atoms with Gasteiger partial charge in [-0.15, -0.1) is 0 Å². The molecule has 1 aromatic rings. The molecule has 0 radical (unpaired) electrons. The van der Waals surface area contributed by atoms with E-state index in [1.165, 1.54) is 0 Å². The van der Waals surface area contributed by atoms with Crippen LogP contribution in [0.2, 0.25) is 0 Å². The third-order valence-corrected chi connectivity index (χ3v) is 3.68. The largest absolute Gasteiger partial charge is 0.385 e. The Balaban J connectivity index is 2.30. The second kappa shape index (κ2) is 3.91. The molecule has 0 spiro atoms. The molecule has 16 heavy (non-hydrogen) atoms. The lowest BCUT2D eigenvalue weighted by Crippen LogP contribution is -2.26. The highest BCUT2D eigenvalue weighted by molar-refractivity contribution is 5.16. The minimum Gasteiger partial charge on any atom is -0.385 e. The number of hydrogen-bond donors (Lipinski definition) is 1. The van der Waals surface area contributed by atoms with Gasteiger partial charge in [0.1, 0.15) is 6.10 Å². The van der Waals surface area contributed by atoms with E-state index in [1.54, 1.807) is 17.1 Å². The van der Waals surface area contributed by atoms with Crippen molar-refractivity contribution in [2.24, 2.45) is 18.4 Å². The van der Waals surface area contributed by atoms with Crippen LogP contribution in [0.1, 0.15) is 38.0 Å². The summed E-state index contributed by atoms with van der Waals surface area (Å²) in [5.74, 6) is 0.516. The molecule has 1 aliphatic rings. The van der Waals surface area contributed by atoms with Crippen molar-refractivity contribution in [3.05, 3.63) is 18.2 Å². The molecule has 3 unspecified atom stereocenters. The molecular formula is C12H17N3O. The summed E-state index contributed by atoms with van der Waals surface area (Å²) < 4.78 is 1.78. The van der Waals surface area contributed by atoms with Gasteiger partial charge in [0, 0.05) is 7.05 Å². The summed E-state index contributed by atoms with van der Waals surface area (Å²) in [5.41, 5.74) is 0.114. The number of hydrogen-bond acceptors (Lipinski definition) is 3. The van der Waals surface area contributed by atoms with E-state index >= 15 is 0 Å². The third-order valence-electron chi connectivity index (χ3n) is 3.68. The predicted octanol–water partition coefficient (Wildman–Crippen LogP) is 1.78. The maximum absolute atomic E-state index is 10.4. The molecule has 1 aliphatic carbocycles. The molecule has 1 saturated carbocycles. The molecule has 3 atom stereocenters. The first-order chi connectivity index (χ1) is 7.59. The van der Waals surface area contributed by atoms with Crippen molar-refractivity contribution in [3.63, 3.8) is 0 Å². The molecule has 1 heterocycles. The van der Waals surface area contributed by atoms with Crippen LogP contribution in [0.4, 0.5) is 0 Å². The minimum atomic E-state index is -0.727. The maximum atomic E-state index is 10.4. The number of aliphatic hydroxyl groups is 1. The summed E-state index contributed by atoms with van der Waals surface area (Å²) in [5, 5.41) is 19.7. The van der Waals surface area contributed by atoms with Crippen LogP contribution in [0.25, 0.3) is 0 Å². The van der Waals surface area contributed by atoms with Crippen molar-refractivity contribution in [1.29, 1.82) is 5.26 Å². The van der Waals surface area contributed by atoms with Gasteiger partial charge in [-0.2, -0.15) is 5.26 Å². The van der Waals surface area contributed by atoms with Crippen molar-refractivity contribution in [3.8, 4) is 6.07 Å². The number of nitriles is 1. The summed E-state index contributed by atoms with van der Waals surface area (Å²) >= 11 is 0. The van der Waals surface area contributed by atoms with E-state index in [0.717, 1.165) is 25.0 Å². The standard InChI is InChI=1S/C12H17N3O/c1-9-3-4-12(5-9,7-13)11(16)10-6-14-8-15(10)2/h6,8-9,11,16H,3-5H2,1-2H3. The smallest absolute Gasteiger partial charge is 0.114 e. The molecular weight excluding hydrogens is 202 g/mol. The van der Waals surface area contributed by atoms with Gasteiger partial charge in [0.2, 0.25) is 0 Å². The Morgan fingerprint density at radius 1 is 1.75 bits per heavy atom. The molecule has 1 N–H and O–H groups in total. The summed E-state index contributed by atoms with van der Waals surface area (Å²) in [4.78, 5) is 3.99. The van der Waals surface area contributed by atoms with E-state index in [9.17, 15) is 10.4 Å². The highest BCUT2D eigenvalue weighted by Crippen LogP contribution is 2.49. The monoisotopic (exact) mass is 219 g/mol. The van der Waals surface area contributed by atoms with Gasteiger partial charge < -0.3 is 9.67 Å². The first-order valence-corrected chi connectivity index (χ1v) is 5.64. The van der Waals surface area contributed by atoms with Crippen LogP contribution in [0.5, 0.6) is 0 Å². The van der Waals surface area contributed by atoms with E-state index in [-0.39, 0.29) is 0 Å². The Morgan fingerprint density at radius 3 is 2.94 bits per heavy atom. The number of aliphatic hydroxyl groups excluding tert-OH is 1. The number of aromatic nitrogens is 2. The molecule has 4 heteroatoms. The van der Waals surface area contributed by atoms with Gasteiger partial charge in [0.15, 0.2) is 0 Å². The molecule has 0 aromatic carbocycles. The number of nitrogens with zero attached hydrogens (tertiary/aromatic N) is 3. The van der Waals surface area contributed by atoms with E-state index in [0.29, 0.717) is 5.92 Å². The first kappa shape index (κ1) is 11.2. The molecule has 0 amide bonds. The van der Waals surface area contributed by atoms with Gasteiger partial charge in [-0.05, 0) is 25.2 Å². The fourth-order valence-electron chi connectivity index (χ4n) is 2.65. The normalized spacial score (nSPS) is 31.2. The van der Waals surface area contributed by atoms with Crippen molar-refractivity contribution < 1.29 is 5.11 Å². The van der Waals surface area contributed by atoms with Crippen LogP contribution in [0.3, 0.4) is 0 Å². The number of imidazole rings is 1. The van der Waals surface area contributed by atoms with Crippen molar-refractivity contribution in [1.82, 2.24) is 9.55 Å².